The van der Waals surface area contributed by atoms with E-state index in [0.717, 1.165) is 18.7 Å². The van der Waals surface area contributed by atoms with E-state index in [-0.39, 0.29) is 0 Å². The van der Waals surface area contributed by atoms with Gasteiger partial charge in [-0.15, -0.1) is 0 Å². The molecular weight excluding hydrogens is 332 g/mol. The van der Waals surface area contributed by atoms with Gasteiger partial charge in [-0.2, -0.15) is 0 Å². The van der Waals surface area contributed by atoms with Gasteiger partial charge in [0.15, 0.2) is 0 Å². The number of aliphatic hydroxyl groups excluding tert-OH is 1. The Morgan fingerprint density at radius 3 is 1.78 bits per heavy atom. The first kappa shape index (κ1) is 19.2. The normalized spacial score (nSPS) is 12.1. The Hall–Kier alpha value is -2.62. The summed E-state index contributed by atoms with van der Waals surface area (Å²) in [5, 5.41) is 10.7. The molecular formula is C24H28N2O. The lowest BCUT2D eigenvalue weighted by Crippen LogP contribution is -2.28. The van der Waals surface area contributed by atoms with Crippen molar-refractivity contribution in [3.05, 3.63) is 102 Å². The van der Waals surface area contributed by atoms with Crippen LogP contribution >= 0.6 is 0 Å². The number of benzene rings is 3. The minimum absolute atomic E-state index is 0.504. The van der Waals surface area contributed by atoms with E-state index < -0.39 is 6.10 Å². The topological polar surface area (TPSA) is 26.7 Å². The standard InChI is InChI=1S/C24H28N2O/c1-25(2)23-15-13-21(14-16-23)18-26(17-20-9-5-3-6-10-20)19-24(27)22-11-7-4-8-12-22/h3-16,24,27H,17-19H2,1-2H3. The molecule has 0 radical (unpaired) electrons. The van der Waals surface area contributed by atoms with E-state index in [4.69, 9.17) is 0 Å². The molecule has 0 saturated carbocycles. The van der Waals surface area contributed by atoms with Gasteiger partial charge in [0.1, 0.15) is 0 Å². The monoisotopic (exact) mass is 360 g/mol. The second kappa shape index (κ2) is 9.36. The summed E-state index contributed by atoms with van der Waals surface area (Å²) >= 11 is 0. The first-order valence-corrected chi connectivity index (χ1v) is 9.37. The molecule has 27 heavy (non-hydrogen) atoms. The quantitative estimate of drug-likeness (QED) is 0.641. The highest BCUT2D eigenvalue weighted by Crippen LogP contribution is 2.19. The number of rotatable bonds is 8. The van der Waals surface area contributed by atoms with Crippen molar-refractivity contribution >= 4 is 5.69 Å². The van der Waals surface area contributed by atoms with Crippen LogP contribution in [0.15, 0.2) is 84.9 Å². The second-order valence-corrected chi connectivity index (χ2v) is 7.14. The lowest BCUT2D eigenvalue weighted by Gasteiger charge is -2.26. The van der Waals surface area contributed by atoms with Gasteiger partial charge in [0, 0.05) is 39.4 Å². The van der Waals surface area contributed by atoms with Crippen LogP contribution in [0.2, 0.25) is 0 Å². The van der Waals surface area contributed by atoms with Gasteiger partial charge in [-0.3, -0.25) is 4.90 Å². The van der Waals surface area contributed by atoms with Crippen molar-refractivity contribution in [2.75, 3.05) is 25.5 Å². The predicted octanol–water partition coefficient (Wildman–Crippen LogP) is 4.49. The van der Waals surface area contributed by atoms with Gasteiger partial charge in [0.05, 0.1) is 6.10 Å². The highest BCUT2D eigenvalue weighted by atomic mass is 16.3. The van der Waals surface area contributed by atoms with Crippen LogP contribution in [0, 0.1) is 0 Å². The SMILES string of the molecule is CN(C)c1ccc(CN(Cc2ccccc2)CC(O)c2ccccc2)cc1. The molecule has 0 bridgehead atoms. The van der Waals surface area contributed by atoms with E-state index in [1.807, 2.05) is 50.5 Å². The zero-order chi connectivity index (χ0) is 19.1. The van der Waals surface area contributed by atoms with E-state index in [1.165, 1.54) is 16.8 Å². The van der Waals surface area contributed by atoms with Gasteiger partial charge in [0.25, 0.3) is 0 Å². The van der Waals surface area contributed by atoms with E-state index in [0.29, 0.717) is 6.54 Å². The van der Waals surface area contributed by atoms with E-state index in [9.17, 15) is 5.11 Å². The Balaban J connectivity index is 1.74. The van der Waals surface area contributed by atoms with Gasteiger partial charge in [-0.1, -0.05) is 72.8 Å². The number of aliphatic hydroxyl groups is 1. The molecule has 0 aromatic heterocycles. The van der Waals surface area contributed by atoms with Crippen molar-refractivity contribution in [1.82, 2.24) is 4.90 Å². The number of nitrogens with zero attached hydrogens (tertiary/aromatic N) is 2. The Morgan fingerprint density at radius 1 is 0.704 bits per heavy atom. The maximum absolute atomic E-state index is 10.7. The molecule has 140 valence electrons. The molecule has 0 aliphatic carbocycles. The minimum atomic E-state index is -0.504. The molecule has 3 rings (SSSR count). The van der Waals surface area contributed by atoms with Crippen molar-refractivity contribution in [2.45, 2.75) is 19.2 Å². The third-order valence-electron chi connectivity index (χ3n) is 4.72. The van der Waals surface area contributed by atoms with Crippen molar-refractivity contribution in [2.24, 2.45) is 0 Å². The summed E-state index contributed by atoms with van der Waals surface area (Å²) in [7, 11) is 4.10. The zero-order valence-electron chi connectivity index (χ0n) is 16.1. The fourth-order valence-corrected chi connectivity index (χ4v) is 3.21. The van der Waals surface area contributed by atoms with Crippen molar-refractivity contribution in [3.8, 4) is 0 Å². The fraction of sp³-hybridized carbons (Fsp3) is 0.250. The van der Waals surface area contributed by atoms with Crippen LogP contribution in [0.1, 0.15) is 22.8 Å². The van der Waals surface area contributed by atoms with E-state index in [2.05, 4.69) is 58.3 Å². The van der Waals surface area contributed by atoms with Crippen LogP contribution < -0.4 is 4.90 Å². The van der Waals surface area contributed by atoms with Crippen LogP contribution in [0.5, 0.6) is 0 Å². The van der Waals surface area contributed by atoms with Crippen LogP contribution in [-0.2, 0) is 13.1 Å². The van der Waals surface area contributed by atoms with Crippen molar-refractivity contribution in [3.63, 3.8) is 0 Å². The summed E-state index contributed by atoms with van der Waals surface area (Å²) in [5.41, 5.74) is 4.65. The van der Waals surface area contributed by atoms with Crippen LogP contribution in [0.3, 0.4) is 0 Å². The smallest absolute Gasteiger partial charge is 0.0917 e. The minimum Gasteiger partial charge on any atom is -0.387 e. The summed E-state index contributed by atoms with van der Waals surface area (Å²) in [4.78, 5) is 4.41. The van der Waals surface area contributed by atoms with Crippen molar-refractivity contribution < 1.29 is 5.11 Å². The lowest BCUT2D eigenvalue weighted by molar-refractivity contribution is 0.105. The van der Waals surface area contributed by atoms with E-state index >= 15 is 0 Å². The highest BCUT2D eigenvalue weighted by molar-refractivity contribution is 5.46. The highest BCUT2D eigenvalue weighted by Gasteiger charge is 2.14. The summed E-state index contributed by atoms with van der Waals surface area (Å²) < 4.78 is 0. The third-order valence-corrected chi connectivity index (χ3v) is 4.72. The number of hydrogen-bond acceptors (Lipinski definition) is 3. The maximum Gasteiger partial charge on any atom is 0.0917 e. The molecule has 3 heteroatoms. The Labute approximate surface area is 162 Å². The van der Waals surface area contributed by atoms with E-state index in [1.54, 1.807) is 0 Å². The fourth-order valence-electron chi connectivity index (χ4n) is 3.21. The largest absolute Gasteiger partial charge is 0.387 e. The maximum atomic E-state index is 10.7. The molecule has 3 aromatic carbocycles. The summed E-state index contributed by atoms with van der Waals surface area (Å²) in [6, 6.07) is 28.9. The first-order valence-electron chi connectivity index (χ1n) is 9.37. The summed E-state index contributed by atoms with van der Waals surface area (Å²) in [6.07, 6.45) is -0.504. The molecule has 0 fully saturated rings. The van der Waals surface area contributed by atoms with Gasteiger partial charge in [0.2, 0.25) is 0 Å². The molecule has 0 saturated heterocycles. The lowest BCUT2D eigenvalue weighted by atomic mass is 10.1. The predicted molar refractivity (Wildman–Crippen MR) is 113 cm³/mol. The van der Waals surface area contributed by atoms with Crippen LogP contribution in [-0.4, -0.2) is 30.6 Å². The van der Waals surface area contributed by atoms with Gasteiger partial charge < -0.3 is 10.0 Å². The molecule has 0 spiro atoms. The second-order valence-electron chi connectivity index (χ2n) is 7.14. The molecule has 1 atom stereocenters. The van der Waals surface area contributed by atoms with Gasteiger partial charge in [-0.05, 0) is 28.8 Å². The number of hydrogen-bond donors (Lipinski definition) is 1. The molecule has 0 aliphatic heterocycles. The van der Waals surface area contributed by atoms with Gasteiger partial charge in [-0.25, -0.2) is 0 Å². The van der Waals surface area contributed by atoms with Crippen LogP contribution in [0.4, 0.5) is 5.69 Å². The molecule has 0 amide bonds. The molecule has 3 aromatic rings. The summed E-state index contributed by atoms with van der Waals surface area (Å²) in [6.45, 7) is 2.20. The molecule has 1 unspecified atom stereocenters. The Bertz CT molecular complexity index is 801. The van der Waals surface area contributed by atoms with Crippen LogP contribution in [0.25, 0.3) is 0 Å². The molecule has 3 nitrogen and oxygen atoms in total. The average Bonchev–Trinajstić information content (AvgIpc) is 2.70. The average molecular weight is 361 g/mol. The van der Waals surface area contributed by atoms with Crippen molar-refractivity contribution in [1.29, 1.82) is 0 Å². The molecule has 0 heterocycles. The third kappa shape index (κ3) is 5.68. The summed E-state index contributed by atoms with van der Waals surface area (Å²) in [5.74, 6) is 0. The molecule has 1 N–H and O–H groups in total. The Morgan fingerprint density at radius 2 is 1.22 bits per heavy atom. The first-order chi connectivity index (χ1) is 13.1. The number of anilines is 1. The zero-order valence-corrected chi connectivity index (χ0v) is 16.1. The Kier molecular flexibility index (Phi) is 6.64. The molecule has 0 aliphatic rings. The van der Waals surface area contributed by atoms with Gasteiger partial charge >= 0.3 is 0 Å².